The molecule has 1 fully saturated rings. The van der Waals surface area contributed by atoms with Crippen molar-refractivity contribution in [1.29, 1.82) is 0 Å². The number of rotatable bonds is 2. The molecule has 1 aliphatic carbocycles. The second-order valence-electron chi connectivity index (χ2n) is 6.15. The van der Waals surface area contributed by atoms with Gasteiger partial charge in [-0.1, -0.05) is 25.3 Å². The van der Waals surface area contributed by atoms with Crippen LogP contribution in [0.25, 0.3) is 21.6 Å². The molecule has 0 spiro atoms. The van der Waals surface area contributed by atoms with E-state index in [4.69, 9.17) is 0 Å². The summed E-state index contributed by atoms with van der Waals surface area (Å²) >= 11 is 1.39. The number of hydrogen-bond acceptors (Lipinski definition) is 3. The monoisotopic (exact) mass is 351 g/mol. The lowest BCUT2D eigenvalue weighted by molar-refractivity contribution is -0.136. The average Bonchev–Trinajstić information content (AvgIpc) is 3.23. The van der Waals surface area contributed by atoms with Gasteiger partial charge in [0.2, 0.25) is 0 Å². The van der Waals surface area contributed by atoms with E-state index in [2.05, 4.69) is 10.1 Å². The molecule has 0 radical (unpaired) electrons. The van der Waals surface area contributed by atoms with Gasteiger partial charge in [-0.3, -0.25) is 0 Å². The van der Waals surface area contributed by atoms with Gasteiger partial charge >= 0.3 is 6.18 Å². The molecule has 7 heteroatoms. The highest BCUT2D eigenvalue weighted by Crippen LogP contribution is 2.39. The first-order valence-corrected chi connectivity index (χ1v) is 8.91. The van der Waals surface area contributed by atoms with Crippen LogP contribution in [0.1, 0.15) is 43.7 Å². The normalized spacial score (nSPS) is 16.8. The first-order valence-electron chi connectivity index (χ1n) is 8.03. The molecule has 24 heavy (non-hydrogen) atoms. The van der Waals surface area contributed by atoms with Crippen molar-refractivity contribution in [2.75, 3.05) is 0 Å². The molecule has 1 aliphatic rings. The number of nitrogens with zero attached hydrogens (tertiary/aromatic N) is 3. The van der Waals surface area contributed by atoms with E-state index in [1.165, 1.54) is 24.0 Å². The Bertz CT molecular complexity index is 846. The Morgan fingerprint density at radius 2 is 1.96 bits per heavy atom. The third-order valence-electron chi connectivity index (χ3n) is 4.57. The van der Waals surface area contributed by atoms with Gasteiger partial charge in [-0.05, 0) is 30.4 Å². The fourth-order valence-corrected chi connectivity index (χ4v) is 4.08. The minimum absolute atomic E-state index is 0.0911. The van der Waals surface area contributed by atoms with E-state index in [9.17, 15) is 13.2 Å². The molecule has 0 N–H and O–H groups in total. The van der Waals surface area contributed by atoms with Gasteiger partial charge < -0.3 is 0 Å². The maximum absolute atomic E-state index is 13.5. The standard InChI is InChI=1S/C17H16F3N3S/c18-17(19,20)13-9-14(15-7-4-8-24-15)22-16-12(13)10-21-23(16)11-5-2-1-3-6-11/h4,7-11H,1-3,5-6H2. The van der Waals surface area contributed by atoms with Crippen LogP contribution < -0.4 is 0 Å². The van der Waals surface area contributed by atoms with Crippen LogP contribution in [0.15, 0.2) is 29.8 Å². The van der Waals surface area contributed by atoms with Crippen molar-refractivity contribution in [2.24, 2.45) is 0 Å². The van der Waals surface area contributed by atoms with Gasteiger partial charge in [-0.2, -0.15) is 18.3 Å². The highest BCUT2D eigenvalue weighted by atomic mass is 32.1. The summed E-state index contributed by atoms with van der Waals surface area (Å²) in [4.78, 5) is 5.27. The molecule has 0 aliphatic heterocycles. The number of alkyl halides is 3. The van der Waals surface area contributed by atoms with Gasteiger partial charge in [0.25, 0.3) is 0 Å². The summed E-state index contributed by atoms with van der Waals surface area (Å²) < 4.78 is 42.3. The molecule has 3 nitrogen and oxygen atoms in total. The molecule has 3 aromatic rings. The van der Waals surface area contributed by atoms with Crippen LogP contribution in [0, 0.1) is 0 Å². The lowest BCUT2D eigenvalue weighted by atomic mass is 9.95. The van der Waals surface area contributed by atoms with Gasteiger partial charge in [0, 0.05) is 0 Å². The van der Waals surface area contributed by atoms with Crippen LogP contribution in [-0.4, -0.2) is 14.8 Å². The Balaban J connectivity index is 1.92. The van der Waals surface area contributed by atoms with Crippen LogP contribution in [0.3, 0.4) is 0 Å². The smallest absolute Gasteiger partial charge is 0.244 e. The van der Waals surface area contributed by atoms with Gasteiger partial charge in [0.15, 0.2) is 5.65 Å². The number of fused-ring (bicyclic) bond motifs is 1. The van der Waals surface area contributed by atoms with Crippen molar-refractivity contribution < 1.29 is 13.2 Å². The fraction of sp³-hybridized carbons (Fsp3) is 0.412. The third-order valence-corrected chi connectivity index (χ3v) is 5.46. The summed E-state index contributed by atoms with van der Waals surface area (Å²) in [6, 6.07) is 4.89. The molecular formula is C17H16F3N3S. The highest BCUT2D eigenvalue weighted by molar-refractivity contribution is 7.13. The van der Waals surface area contributed by atoms with E-state index in [0.29, 0.717) is 11.3 Å². The molecule has 0 amide bonds. The molecule has 126 valence electrons. The summed E-state index contributed by atoms with van der Waals surface area (Å²) in [5.41, 5.74) is 0.0560. The van der Waals surface area contributed by atoms with Gasteiger partial charge in [-0.25, -0.2) is 9.67 Å². The van der Waals surface area contributed by atoms with Crippen molar-refractivity contribution >= 4 is 22.4 Å². The molecule has 0 bridgehead atoms. The lowest BCUT2D eigenvalue weighted by Gasteiger charge is -2.22. The molecule has 1 saturated carbocycles. The van der Waals surface area contributed by atoms with Crippen LogP contribution in [0.4, 0.5) is 13.2 Å². The summed E-state index contributed by atoms with van der Waals surface area (Å²) in [6.07, 6.45) is 2.14. The van der Waals surface area contributed by atoms with Crippen molar-refractivity contribution in [3.05, 3.63) is 35.3 Å². The van der Waals surface area contributed by atoms with E-state index in [0.717, 1.165) is 36.6 Å². The van der Waals surface area contributed by atoms with Crippen molar-refractivity contribution in [1.82, 2.24) is 14.8 Å². The SMILES string of the molecule is FC(F)(F)c1cc(-c2cccs2)nc2c1cnn2C1CCCCC1. The maximum Gasteiger partial charge on any atom is 0.417 e. The zero-order chi connectivity index (χ0) is 16.7. The number of aromatic nitrogens is 3. The lowest BCUT2D eigenvalue weighted by Crippen LogP contribution is -2.15. The zero-order valence-electron chi connectivity index (χ0n) is 12.9. The molecule has 3 heterocycles. The second-order valence-corrected chi connectivity index (χ2v) is 7.10. The Morgan fingerprint density at radius 3 is 2.62 bits per heavy atom. The summed E-state index contributed by atoms with van der Waals surface area (Å²) in [5, 5.41) is 6.20. The van der Waals surface area contributed by atoms with Crippen LogP contribution in [0.5, 0.6) is 0 Å². The summed E-state index contributed by atoms with van der Waals surface area (Å²) in [5.74, 6) is 0. The van der Waals surface area contributed by atoms with Crippen LogP contribution >= 0.6 is 11.3 Å². The van der Waals surface area contributed by atoms with Gasteiger partial charge in [0.1, 0.15) is 0 Å². The minimum atomic E-state index is -4.42. The van der Waals surface area contributed by atoms with E-state index >= 15 is 0 Å². The van der Waals surface area contributed by atoms with Crippen LogP contribution in [0.2, 0.25) is 0 Å². The molecule has 4 rings (SSSR count). The number of thiophene rings is 1. The van der Waals surface area contributed by atoms with Crippen molar-refractivity contribution in [2.45, 2.75) is 44.3 Å². The Hall–Kier alpha value is -1.89. The van der Waals surface area contributed by atoms with Crippen LogP contribution in [-0.2, 0) is 6.18 Å². The number of hydrogen-bond donors (Lipinski definition) is 0. The topological polar surface area (TPSA) is 30.7 Å². The van der Waals surface area contributed by atoms with E-state index in [1.54, 1.807) is 10.7 Å². The molecule has 0 unspecified atom stereocenters. The summed E-state index contributed by atoms with van der Waals surface area (Å²) in [7, 11) is 0. The molecule has 3 aromatic heterocycles. The fourth-order valence-electron chi connectivity index (χ4n) is 3.40. The average molecular weight is 351 g/mol. The third kappa shape index (κ3) is 2.70. The van der Waals surface area contributed by atoms with Gasteiger partial charge in [-0.15, -0.1) is 11.3 Å². The molecule has 0 aromatic carbocycles. The Morgan fingerprint density at radius 1 is 1.17 bits per heavy atom. The number of halogens is 3. The molecular weight excluding hydrogens is 335 g/mol. The highest BCUT2D eigenvalue weighted by Gasteiger charge is 2.35. The quantitative estimate of drug-likeness (QED) is 0.594. The second kappa shape index (κ2) is 5.88. The van der Waals surface area contributed by atoms with Crippen molar-refractivity contribution in [3.8, 4) is 10.6 Å². The Kier molecular flexibility index (Phi) is 3.83. The largest absolute Gasteiger partial charge is 0.417 e. The first kappa shape index (κ1) is 15.6. The summed E-state index contributed by atoms with van der Waals surface area (Å²) in [6.45, 7) is 0. The first-order chi connectivity index (χ1) is 11.5. The predicted molar refractivity (Wildman–Crippen MR) is 88.0 cm³/mol. The van der Waals surface area contributed by atoms with E-state index in [-0.39, 0.29) is 11.4 Å². The van der Waals surface area contributed by atoms with E-state index in [1.807, 2.05) is 11.4 Å². The number of pyridine rings is 1. The van der Waals surface area contributed by atoms with Gasteiger partial charge in [0.05, 0.1) is 33.8 Å². The Labute approximate surface area is 141 Å². The van der Waals surface area contributed by atoms with Crippen molar-refractivity contribution in [3.63, 3.8) is 0 Å². The zero-order valence-corrected chi connectivity index (χ0v) is 13.7. The molecule has 0 saturated heterocycles. The minimum Gasteiger partial charge on any atom is -0.244 e. The molecule has 0 atom stereocenters. The predicted octanol–water partition coefficient (Wildman–Crippen LogP) is 5.68. The maximum atomic E-state index is 13.5. The van der Waals surface area contributed by atoms with E-state index < -0.39 is 11.7 Å².